The van der Waals surface area contributed by atoms with E-state index in [4.69, 9.17) is 11.6 Å². The van der Waals surface area contributed by atoms with E-state index in [2.05, 4.69) is 9.97 Å². The van der Waals surface area contributed by atoms with Crippen molar-refractivity contribution in [1.82, 2.24) is 9.97 Å². The van der Waals surface area contributed by atoms with Gasteiger partial charge in [-0.15, -0.1) is 13.1 Å². The minimum atomic E-state index is -0.420. The SMILES string of the molecule is C[C-]1CN(c2nc(Cl)ncc2F)C1.O.[W]. The second-order valence-electron chi connectivity index (χ2n) is 3.12. The van der Waals surface area contributed by atoms with Crippen molar-refractivity contribution < 1.29 is 30.9 Å². The van der Waals surface area contributed by atoms with E-state index in [9.17, 15) is 4.39 Å². The molecule has 0 unspecified atom stereocenters. The van der Waals surface area contributed by atoms with Crippen LogP contribution in [0.5, 0.6) is 0 Å². The Bertz CT molecular complexity index is 336. The van der Waals surface area contributed by atoms with E-state index >= 15 is 0 Å². The van der Waals surface area contributed by atoms with Crippen LogP contribution < -0.4 is 4.90 Å². The van der Waals surface area contributed by atoms with Crippen LogP contribution in [0.3, 0.4) is 0 Å². The Morgan fingerprint density at radius 2 is 2.13 bits per heavy atom. The van der Waals surface area contributed by atoms with Crippen molar-refractivity contribution in [1.29, 1.82) is 0 Å². The van der Waals surface area contributed by atoms with Gasteiger partial charge in [-0.05, 0) is 11.6 Å². The number of hydrogen-bond donors (Lipinski definition) is 0. The molecule has 0 atom stereocenters. The van der Waals surface area contributed by atoms with Crippen LogP contribution in [0.1, 0.15) is 6.92 Å². The zero-order chi connectivity index (χ0) is 9.42. The van der Waals surface area contributed by atoms with E-state index < -0.39 is 5.82 Å². The topological polar surface area (TPSA) is 60.5 Å². The monoisotopic (exact) mass is 402 g/mol. The summed E-state index contributed by atoms with van der Waals surface area (Å²) in [5.74, 6) is 1.19. The molecule has 0 radical (unpaired) electrons. The third-order valence-electron chi connectivity index (χ3n) is 1.92. The van der Waals surface area contributed by atoms with Gasteiger partial charge in [0.2, 0.25) is 5.28 Å². The molecule has 0 saturated carbocycles. The number of hydrogen-bond acceptors (Lipinski definition) is 3. The van der Waals surface area contributed by atoms with Gasteiger partial charge in [-0.2, -0.15) is 11.9 Å². The molecule has 84 valence electrons. The Labute approximate surface area is 106 Å². The van der Waals surface area contributed by atoms with Gasteiger partial charge in [-0.3, -0.25) is 5.92 Å². The van der Waals surface area contributed by atoms with Crippen molar-refractivity contribution in [2.24, 2.45) is 0 Å². The first-order valence-corrected chi connectivity index (χ1v) is 4.29. The van der Waals surface area contributed by atoms with Crippen molar-refractivity contribution in [3.8, 4) is 0 Å². The second-order valence-corrected chi connectivity index (χ2v) is 3.46. The molecule has 1 aromatic rings. The summed E-state index contributed by atoms with van der Waals surface area (Å²) in [6.07, 6.45) is 1.10. The maximum Gasteiger partial charge on any atom is 0.224 e. The van der Waals surface area contributed by atoms with Crippen LogP contribution in [0.4, 0.5) is 10.2 Å². The molecule has 2 rings (SSSR count). The molecule has 7 heteroatoms. The molecular weight excluding hydrogens is 392 g/mol. The van der Waals surface area contributed by atoms with Gasteiger partial charge in [-0.25, -0.2) is 9.37 Å². The molecule has 4 nitrogen and oxygen atoms in total. The molecule has 0 aromatic carbocycles. The minimum absolute atomic E-state index is 0. The summed E-state index contributed by atoms with van der Waals surface area (Å²) in [6.45, 7) is 3.53. The van der Waals surface area contributed by atoms with Crippen molar-refractivity contribution >= 4 is 17.4 Å². The third-order valence-corrected chi connectivity index (χ3v) is 2.10. The fourth-order valence-corrected chi connectivity index (χ4v) is 1.44. The molecule has 1 aliphatic heterocycles. The van der Waals surface area contributed by atoms with Gasteiger partial charge in [0.1, 0.15) is 0 Å². The van der Waals surface area contributed by atoms with Gasteiger partial charge in [-0.1, -0.05) is 0 Å². The summed E-state index contributed by atoms with van der Waals surface area (Å²) < 4.78 is 13.1. The van der Waals surface area contributed by atoms with Crippen molar-refractivity contribution in [3.63, 3.8) is 0 Å². The molecular formula is C8H10ClFN3OW-. The Kier molecular flexibility index (Phi) is 5.63. The summed E-state index contributed by atoms with van der Waals surface area (Å²) in [7, 11) is 0. The minimum Gasteiger partial charge on any atom is -0.413 e. The standard InChI is InChI=1S/C8H8ClFN3.H2O.W/c1-5-3-13(4-5)7-6(10)2-11-8(9)12-7;;/h2H,3-4H2,1H3;1H2;/q-1;;. The fraction of sp³-hybridized carbons (Fsp3) is 0.375. The Morgan fingerprint density at radius 1 is 1.53 bits per heavy atom. The predicted octanol–water partition coefficient (Wildman–Crippen LogP) is 0.856. The molecule has 1 fully saturated rings. The summed E-state index contributed by atoms with van der Waals surface area (Å²) >= 11 is 5.56. The zero-order valence-electron chi connectivity index (χ0n) is 8.00. The smallest absolute Gasteiger partial charge is 0.224 e. The van der Waals surface area contributed by atoms with Crippen LogP contribution in [0.25, 0.3) is 0 Å². The van der Waals surface area contributed by atoms with Gasteiger partial charge in [0, 0.05) is 21.1 Å². The molecule has 0 bridgehead atoms. The second kappa shape index (κ2) is 5.73. The van der Waals surface area contributed by atoms with E-state index in [0.29, 0.717) is 5.82 Å². The van der Waals surface area contributed by atoms with Crippen LogP contribution in [0.2, 0.25) is 5.28 Å². The third kappa shape index (κ3) is 3.10. The summed E-state index contributed by atoms with van der Waals surface area (Å²) in [4.78, 5) is 9.18. The van der Waals surface area contributed by atoms with E-state index in [-0.39, 0.29) is 31.8 Å². The van der Waals surface area contributed by atoms with E-state index in [0.717, 1.165) is 19.3 Å². The average Bonchev–Trinajstić information content (AvgIpc) is 2.04. The Balaban J connectivity index is 0.000000980. The maximum absolute atomic E-state index is 13.1. The first kappa shape index (κ1) is 14.7. The molecule has 2 N–H and O–H groups in total. The van der Waals surface area contributed by atoms with Gasteiger partial charge >= 0.3 is 0 Å². The largest absolute Gasteiger partial charge is 0.413 e. The average molecular weight is 402 g/mol. The molecule has 0 amide bonds. The van der Waals surface area contributed by atoms with Crippen molar-refractivity contribution in [2.45, 2.75) is 6.92 Å². The summed E-state index contributed by atoms with van der Waals surface area (Å²) in [6, 6.07) is 0. The zero-order valence-corrected chi connectivity index (χ0v) is 11.7. The van der Waals surface area contributed by atoms with Crippen LogP contribution in [-0.2, 0) is 21.1 Å². The van der Waals surface area contributed by atoms with Crippen LogP contribution in [0, 0.1) is 11.7 Å². The first-order chi connectivity index (χ1) is 6.16. The number of anilines is 1. The molecule has 15 heavy (non-hydrogen) atoms. The van der Waals surface area contributed by atoms with Crippen LogP contribution >= 0.6 is 11.6 Å². The first-order valence-electron chi connectivity index (χ1n) is 3.91. The maximum atomic E-state index is 13.1. The predicted molar refractivity (Wildman–Crippen MR) is 51.7 cm³/mol. The van der Waals surface area contributed by atoms with E-state index in [1.54, 1.807) is 0 Å². The summed E-state index contributed by atoms with van der Waals surface area (Å²) in [5.41, 5.74) is 0. The Hall–Kier alpha value is -0.252. The van der Waals surface area contributed by atoms with Crippen molar-refractivity contribution in [2.75, 3.05) is 18.0 Å². The van der Waals surface area contributed by atoms with E-state index in [1.165, 1.54) is 5.92 Å². The van der Waals surface area contributed by atoms with Crippen LogP contribution in [0.15, 0.2) is 6.20 Å². The van der Waals surface area contributed by atoms with E-state index in [1.807, 2.05) is 11.8 Å². The van der Waals surface area contributed by atoms with Gasteiger partial charge in [0.05, 0.1) is 6.20 Å². The number of halogens is 2. The molecule has 1 aliphatic rings. The molecule has 2 heterocycles. The molecule has 1 aromatic heterocycles. The molecule has 1 saturated heterocycles. The summed E-state index contributed by atoms with van der Waals surface area (Å²) in [5, 5.41) is 0.0842. The van der Waals surface area contributed by atoms with Crippen LogP contribution in [-0.4, -0.2) is 28.5 Å². The van der Waals surface area contributed by atoms with Gasteiger partial charge in [0.15, 0.2) is 11.6 Å². The van der Waals surface area contributed by atoms with Crippen molar-refractivity contribution in [3.05, 3.63) is 23.2 Å². The fourth-order valence-electron chi connectivity index (χ4n) is 1.31. The van der Waals surface area contributed by atoms with Gasteiger partial charge < -0.3 is 10.4 Å². The van der Waals surface area contributed by atoms with Gasteiger partial charge in [0.25, 0.3) is 0 Å². The molecule has 0 aliphatic carbocycles. The quantitative estimate of drug-likeness (QED) is 0.517. The number of nitrogens with zero attached hydrogens (tertiary/aromatic N) is 3. The number of rotatable bonds is 1. The normalized spacial score (nSPS) is 15.0. The molecule has 0 spiro atoms. The Morgan fingerprint density at radius 3 is 2.67 bits per heavy atom. The number of aromatic nitrogens is 2.